The Balaban J connectivity index is 0.000000154. The second-order valence-corrected chi connectivity index (χ2v) is 35.6. The fourth-order valence-corrected chi connectivity index (χ4v) is 13.9. The normalized spacial score (nSPS) is 15.8. The minimum atomic E-state index is 0. The Kier molecular flexibility index (Phi) is 27.4. The topological polar surface area (TPSA) is 142 Å². The number of amides is 1. The molecule has 13 heteroatoms. The number of carbonyl (C=O) groups is 1. The molecule has 13 nitrogen and oxygen atoms in total. The molecule has 16 rings (SSSR count). The number of hydrogen-bond acceptors (Lipinski definition) is 9. The molecule has 5 aliphatic rings. The highest BCUT2D eigenvalue weighted by Gasteiger charge is 2.33. The van der Waals surface area contributed by atoms with Gasteiger partial charge in [-0.3, -0.25) is 24.6 Å². The van der Waals surface area contributed by atoms with Crippen LogP contribution in [0.15, 0.2) is 215 Å². The van der Waals surface area contributed by atoms with Gasteiger partial charge in [-0.1, -0.05) is 256 Å². The van der Waals surface area contributed by atoms with Crippen LogP contribution in [-0.4, -0.2) is 83.7 Å². The van der Waals surface area contributed by atoms with E-state index in [2.05, 4.69) is 308 Å². The lowest BCUT2D eigenvalue weighted by atomic mass is 9.78. The number of nitrogens with one attached hydrogen (secondary N) is 3. The maximum Gasteiger partial charge on any atom is 0.254 e. The SMILES string of the molecule is C.CC(C)(C)C1=NCc2ccccc21.CC(C)(C)C1CNc2ccccc21.CC(C)(C)C1Cc2ccccc2N1.CC(C)(C)c1[nH]nc2ccccc12.CC(C)(C)c1noc2ccccc12.CC(C)(C)n1cc2ccccc2c1.CC(C)N1CCc2ccccc2C1=O.CC(C)N1CCn2c(cccc2=O)C1. The molecule has 2 atom stereocenters. The molecule has 0 fully saturated rings. The Hall–Kier alpha value is -9.33. The minimum absolute atomic E-state index is 0. The number of pyridine rings is 1. The van der Waals surface area contributed by atoms with Crippen LogP contribution in [0.3, 0.4) is 0 Å². The summed E-state index contributed by atoms with van der Waals surface area (Å²) in [6, 6.07) is 65.2. The predicted molar refractivity (Wildman–Crippen MR) is 454 cm³/mol. The minimum Gasteiger partial charge on any atom is -0.384 e. The number of anilines is 2. The number of nitrogens with zero attached hydrogens (tertiary/aromatic N) is 7. The first-order chi connectivity index (χ1) is 49.9. The van der Waals surface area contributed by atoms with Crippen LogP contribution in [0.2, 0.25) is 0 Å². The van der Waals surface area contributed by atoms with Crippen molar-refractivity contribution in [2.24, 2.45) is 21.2 Å². The number of H-pyrrole nitrogens is 1. The molecule has 0 radical (unpaired) electrons. The first-order valence-electron chi connectivity index (χ1n) is 38.4. The molecule has 3 N–H and O–H groups in total. The Bertz CT molecular complexity index is 4630. The fourth-order valence-electron chi connectivity index (χ4n) is 13.9. The van der Waals surface area contributed by atoms with Crippen LogP contribution in [0.1, 0.15) is 221 Å². The highest BCUT2D eigenvalue weighted by molar-refractivity contribution is 6.07. The summed E-state index contributed by atoms with van der Waals surface area (Å²) in [6.07, 6.45) is 6.56. The van der Waals surface area contributed by atoms with Crippen LogP contribution in [0, 0.1) is 16.2 Å². The third-order valence-corrected chi connectivity index (χ3v) is 20.3. The lowest BCUT2D eigenvalue weighted by Gasteiger charge is -2.32. The fraction of sp³-hybridized carbons (Fsp3) is 0.436. The van der Waals surface area contributed by atoms with Crippen molar-refractivity contribution in [3.8, 4) is 0 Å². The van der Waals surface area contributed by atoms with Gasteiger partial charge in [0.2, 0.25) is 0 Å². The van der Waals surface area contributed by atoms with Gasteiger partial charge in [0.25, 0.3) is 11.5 Å². The van der Waals surface area contributed by atoms with E-state index in [-0.39, 0.29) is 40.7 Å². The lowest BCUT2D eigenvalue weighted by Crippen LogP contribution is -2.41. The van der Waals surface area contributed by atoms with Gasteiger partial charge in [0.1, 0.15) is 0 Å². The monoisotopic (exact) mass is 1440 g/mol. The first-order valence-corrected chi connectivity index (χ1v) is 38.4. The molecule has 570 valence electrons. The molecule has 1 amide bonds. The van der Waals surface area contributed by atoms with Crippen LogP contribution in [0.4, 0.5) is 11.4 Å². The van der Waals surface area contributed by atoms with E-state index in [0.717, 1.165) is 79.1 Å². The van der Waals surface area contributed by atoms with Crippen molar-refractivity contribution >= 4 is 55.6 Å². The second kappa shape index (κ2) is 35.1. The van der Waals surface area contributed by atoms with Crippen molar-refractivity contribution in [1.29, 1.82) is 0 Å². The molecule has 0 spiro atoms. The van der Waals surface area contributed by atoms with Crippen molar-refractivity contribution in [3.05, 3.63) is 261 Å². The van der Waals surface area contributed by atoms with Crippen molar-refractivity contribution in [2.45, 2.75) is 233 Å². The zero-order valence-corrected chi connectivity index (χ0v) is 67.9. The lowest BCUT2D eigenvalue weighted by molar-refractivity contribution is 0.0688. The van der Waals surface area contributed by atoms with Crippen LogP contribution in [0.25, 0.3) is 32.6 Å². The van der Waals surface area contributed by atoms with Gasteiger partial charge in [0, 0.05) is 147 Å². The quantitative estimate of drug-likeness (QED) is 0.155. The summed E-state index contributed by atoms with van der Waals surface area (Å²) in [5, 5.41) is 23.5. The maximum absolute atomic E-state index is 12.0. The number of hydrogen-bond donors (Lipinski definition) is 3. The number of carbonyl (C=O) groups excluding carboxylic acids is 1. The molecule has 0 bridgehead atoms. The number of benzene rings is 7. The largest absolute Gasteiger partial charge is 0.384 e. The third kappa shape index (κ3) is 21.7. The Morgan fingerprint density at radius 2 is 1.09 bits per heavy atom. The van der Waals surface area contributed by atoms with Gasteiger partial charge in [-0.15, -0.1) is 0 Å². The Morgan fingerprint density at radius 3 is 1.69 bits per heavy atom. The van der Waals surface area contributed by atoms with E-state index >= 15 is 0 Å². The number of aromatic amines is 1. The molecule has 7 aromatic carbocycles. The number of fused-ring (bicyclic) bond motifs is 8. The molecule has 11 aromatic rings. The van der Waals surface area contributed by atoms with Gasteiger partial charge < -0.3 is 29.2 Å². The first kappa shape index (κ1) is 83.3. The number of rotatable bonds is 2. The van der Waals surface area contributed by atoms with Crippen molar-refractivity contribution in [1.82, 2.24) is 34.3 Å². The molecule has 9 heterocycles. The molecule has 2 unspecified atom stereocenters. The van der Waals surface area contributed by atoms with Crippen LogP contribution < -0.4 is 16.2 Å². The van der Waals surface area contributed by atoms with Crippen LogP contribution in [-0.2, 0) is 48.8 Å². The van der Waals surface area contributed by atoms with E-state index in [1.807, 2.05) is 88.3 Å². The number of aliphatic imine (C=N–C) groups is 1. The molecule has 0 saturated heterocycles. The summed E-state index contributed by atoms with van der Waals surface area (Å²) in [5.41, 5.74) is 18.3. The zero-order valence-electron chi connectivity index (χ0n) is 67.9. The van der Waals surface area contributed by atoms with Gasteiger partial charge in [0.15, 0.2) is 5.58 Å². The van der Waals surface area contributed by atoms with Crippen molar-refractivity contribution < 1.29 is 9.32 Å². The molecular formula is C94H126N10O3. The number of para-hydroxylation sites is 4. The Morgan fingerprint density at radius 1 is 0.523 bits per heavy atom. The third-order valence-electron chi connectivity index (χ3n) is 20.3. The van der Waals surface area contributed by atoms with Gasteiger partial charge in [0.05, 0.1) is 17.8 Å². The van der Waals surface area contributed by atoms with Crippen LogP contribution >= 0.6 is 0 Å². The van der Waals surface area contributed by atoms with Crippen LogP contribution in [0.5, 0.6) is 0 Å². The smallest absolute Gasteiger partial charge is 0.254 e. The van der Waals surface area contributed by atoms with Gasteiger partial charge >= 0.3 is 0 Å². The van der Waals surface area contributed by atoms with E-state index in [0.29, 0.717) is 34.9 Å². The van der Waals surface area contributed by atoms with Gasteiger partial charge in [-0.2, -0.15) is 5.10 Å². The molecule has 107 heavy (non-hydrogen) atoms. The zero-order chi connectivity index (χ0) is 77.1. The van der Waals surface area contributed by atoms with E-state index in [1.165, 1.54) is 73.2 Å². The van der Waals surface area contributed by atoms with Crippen molar-refractivity contribution in [3.63, 3.8) is 0 Å². The predicted octanol–water partition coefficient (Wildman–Crippen LogP) is 22.5. The summed E-state index contributed by atoms with van der Waals surface area (Å²) in [7, 11) is 0. The molecular weight excluding hydrogens is 1320 g/mol. The molecule has 4 aromatic heterocycles. The van der Waals surface area contributed by atoms with Crippen molar-refractivity contribution in [2.75, 3.05) is 30.3 Å². The summed E-state index contributed by atoms with van der Waals surface area (Å²) in [4.78, 5) is 32.4. The van der Waals surface area contributed by atoms with E-state index in [9.17, 15) is 9.59 Å². The van der Waals surface area contributed by atoms with Gasteiger partial charge in [-0.05, 0) is 148 Å². The molecule has 5 aliphatic heterocycles. The van der Waals surface area contributed by atoms with E-state index in [4.69, 9.17) is 4.52 Å². The molecule has 0 saturated carbocycles. The highest BCUT2D eigenvalue weighted by atomic mass is 16.5. The average molecular weight is 1440 g/mol. The summed E-state index contributed by atoms with van der Waals surface area (Å²) in [5.74, 6) is 0.838. The average Bonchev–Trinajstić information content (AvgIpc) is 1.43. The standard InChI is InChI=1S/C12H15NO.C12H15N.C12H17N.C12H15N.C12H17N.C11H16N2O.C11H14N2.C11H13NO.CH4/c1-9(2)13-8-7-10-5-3-4-6-11(10)12(13)14;1-12(2,3)13-8-10-6-4-5-7-11(10)9-13;1-12(2,3)10-8-13-11-7-5-4-6-9(10)11;1-12(2,3)11-10-7-5-4-6-9(10)8-13-11;1-12(2,3)11-8-9-6-4-5-7-10(9)13-11;1-9(2)12-6-7-13-10(8-12)4-3-5-11(13)14;1-11(2,3)10-8-6-4-5-7-9(8)12-13-10;1-11(2,3)10-8-6-4-5-7-9(8)13-12-10;/h3-6,9H,7-8H2,1-2H3;4-9H,1-3H3;4-7,10,13H,8H2,1-3H3;4-7H,8H2,1-3H3;4-7,11,13H,8H2,1-3H3;3-5,9H,6-8H2,1-2H3;4-7H,1-3H3,(H,12,13);4-7H,1-3H3;1H4. The summed E-state index contributed by atoms with van der Waals surface area (Å²) in [6.45, 7) is 54.1. The van der Waals surface area contributed by atoms with E-state index < -0.39 is 0 Å². The Labute approximate surface area is 641 Å². The highest BCUT2D eigenvalue weighted by Crippen LogP contribution is 2.43. The summed E-state index contributed by atoms with van der Waals surface area (Å²) < 4.78 is 9.36. The number of aromatic nitrogens is 5. The van der Waals surface area contributed by atoms with E-state index in [1.54, 1.807) is 6.07 Å². The summed E-state index contributed by atoms with van der Waals surface area (Å²) >= 11 is 0. The molecule has 0 aliphatic carbocycles. The van der Waals surface area contributed by atoms with Gasteiger partial charge in [-0.25, -0.2) is 0 Å². The maximum atomic E-state index is 12.0. The second-order valence-electron chi connectivity index (χ2n) is 35.6.